The Bertz CT molecular complexity index is 383. The maximum Gasteiger partial charge on any atom is 0.0967 e. The third-order valence-corrected chi connectivity index (χ3v) is 3.22. The van der Waals surface area contributed by atoms with Gasteiger partial charge in [-0.2, -0.15) is 0 Å². The zero-order valence-corrected chi connectivity index (χ0v) is 11.9. The van der Waals surface area contributed by atoms with Crippen molar-refractivity contribution in [3.63, 3.8) is 0 Å². The average Bonchev–Trinajstić information content (AvgIpc) is 2.45. The standard InChI is InChI=1S/C14H24N2O4/c1-16(2)13(9-18)14(20)10-3-5-11(6-4-10)15-7-12(19)8-17/h3-6,12-15,17-20H,7-9H2,1-2H3. The van der Waals surface area contributed by atoms with E-state index < -0.39 is 12.2 Å². The van der Waals surface area contributed by atoms with Gasteiger partial charge in [0.15, 0.2) is 0 Å². The van der Waals surface area contributed by atoms with Crippen molar-refractivity contribution < 1.29 is 20.4 Å². The van der Waals surface area contributed by atoms with Crippen molar-refractivity contribution in [2.75, 3.05) is 39.2 Å². The van der Waals surface area contributed by atoms with Gasteiger partial charge in [-0.1, -0.05) is 12.1 Å². The molecule has 6 nitrogen and oxygen atoms in total. The smallest absolute Gasteiger partial charge is 0.0967 e. The number of aliphatic hydroxyl groups is 4. The van der Waals surface area contributed by atoms with E-state index in [0.29, 0.717) is 5.56 Å². The van der Waals surface area contributed by atoms with Crippen LogP contribution < -0.4 is 5.32 Å². The summed E-state index contributed by atoms with van der Waals surface area (Å²) in [5.41, 5.74) is 1.50. The molecule has 0 spiro atoms. The van der Waals surface area contributed by atoms with Gasteiger partial charge in [0.05, 0.1) is 31.5 Å². The lowest BCUT2D eigenvalue weighted by molar-refractivity contribution is 0.0390. The summed E-state index contributed by atoms with van der Waals surface area (Å²) in [6.07, 6.45) is -1.57. The van der Waals surface area contributed by atoms with E-state index in [1.54, 1.807) is 43.3 Å². The number of aliphatic hydroxyl groups excluding tert-OH is 4. The molecule has 0 aliphatic rings. The summed E-state index contributed by atoms with van der Waals surface area (Å²) >= 11 is 0. The highest BCUT2D eigenvalue weighted by atomic mass is 16.3. The zero-order chi connectivity index (χ0) is 15.1. The number of anilines is 1. The van der Waals surface area contributed by atoms with Crippen molar-refractivity contribution in [3.8, 4) is 0 Å². The van der Waals surface area contributed by atoms with Crippen LogP contribution >= 0.6 is 0 Å². The SMILES string of the molecule is CN(C)C(CO)C(O)c1ccc(NCC(O)CO)cc1. The van der Waals surface area contributed by atoms with Gasteiger partial charge in [0, 0.05) is 12.2 Å². The molecule has 114 valence electrons. The zero-order valence-electron chi connectivity index (χ0n) is 11.9. The van der Waals surface area contributed by atoms with Crippen LogP contribution in [0.5, 0.6) is 0 Å². The number of nitrogens with one attached hydrogen (secondary N) is 1. The van der Waals surface area contributed by atoms with E-state index in [2.05, 4.69) is 5.32 Å². The molecular weight excluding hydrogens is 260 g/mol. The summed E-state index contributed by atoms with van der Waals surface area (Å²) in [5.74, 6) is 0. The number of hydrogen-bond acceptors (Lipinski definition) is 6. The molecule has 20 heavy (non-hydrogen) atoms. The summed E-state index contributed by atoms with van der Waals surface area (Å²) in [4.78, 5) is 1.77. The topological polar surface area (TPSA) is 96.2 Å². The minimum absolute atomic E-state index is 0.128. The largest absolute Gasteiger partial charge is 0.395 e. The van der Waals surface area contributed by atoms with Gasteiger partial charge in [-0.05, 0) is 31.8 Å². The lowest BCUT2D eigenvalue weighted by Crippen LogP contribution is -2.37. The quantitative estimate of drug-likeness (QED) is 0.438. The van der Waals surface area contributed by atoms with Gasteiger partial charge in [0.2, 0.25) is 0 Å². The number of likely N-dealkylation sites (N-methyl/N-ethyl adjacent to an activating group) is 1. The van der Waals surface area contributed by atoms with Crippen LogP contribution in [0.25, 0.3) is 0 Å². The molecule has 0 heterocycles. The molecule has 0 saturated carbocycles. The number of rotatable bonds is 8. The highest BCUT2D eigenvalue weighted by molar-refractivity contribution is 5.45. The van der Waals surface area contributed by atoms with Gasteiger partial charge >= 0.3 is 0 Å². The van der Waals surface area contributed by atoms with Gasteiger partial charge < -0.3 is 30.6 Å². The average molecular weight is 284 g/mol. The van der Waals surface area contributed by atoms with Crippen molar-refractivity contribution in [1.82, 2.24) is 4.90 Å². The highest BCUT2D eigenvalue weighted by Crippen LogP contribution is 2.21. The molecule has 5 N–H and O–H groups in total. The second-order valence-corrected chi connectivity index (χ2v) is 5.00. The van der Waals surface area contributed by atoms with Crippen LogP contribution in [-0.4, -0.2) is 71.3 Å². The Balaban J connectivity index is 2.65. The second kappa shape index (κ2) is 8.18. The monoisotopic (exact) mass is 284 g/mol. The first kappa shape index (κ1) is 16.9. The first-order valence-electron chi connectivity index (χ1n) is 6.57. The predicted molar refractivity (Wildman–Crippen MR) is 77.5 cm³/mol. The Hall–Kier alpha value is -1.18. The van der Waals surface area contributed by atoms with Gasteiger partial charge in [-0.25, -0.2) is 0 Å². The Morgan fingerprint density at radius 2 is 1.65 bits per heavy atom. The number of benzene rings is 1. The summed E-state index contributed by atoms with van der Waals surface area (Å²) in [6, 6.07) is 6.75. The molecule has 0 fully saturated rings. The van der Waals surface area contributed by atoms with Crippen LogP contribution in [-0.2, 0) is 0 Å². The molecule has 1 rings (SSSR count). The molecule has 0 aliphatic heterocycles. The molecule has 0 aliphatic carbocycles. The first-order chi connectivity index (χ1) is 9.49. The van der Waals surface area contributed by atoms with Gasteiger partial charge in [0.25, 0.3) is 0 Å². The van der Waals surface area contributed by atoms with Gasteiger partial charge in [-0.3, -0.25) is 0 Å². The molecule has 0 saturated heterocycles. The molecule has 0 aromatic heterocycles. The van der Waals surface area contributed by atoms with Crippen molar-refractivity contribution >= 4 is 5.69 Å². The highest BCUT2D eigenvalue weighted by Gasteiger charge is 2.21. The van der Waals surface area contributed by atoms with Crippen LogP contribution in [0.3, 0.4) is 0 Å². The molecular formula is C14H24N2O4. The molecule has 0 radical (unpaired) electrons. The van der Waals surface area contributed by atoms with Crippen molar-refractivity contribution in [3.05, 3.63) is 29.8 Å². The van der Waals surface area contributed by atoms with Crippen LogP contribution in [0.1, 0.15) is 11.7 Å². The van der Waals surface area contributed by atoms with E-state index in [0.717, 1.165) is 5.69 Å². The minimum atomic E-state index is -0.798. The van der Waals surface area contributed by atoms with E-state index in [-0.39, 0.29) is 25.8 Å². The summed E-state index contributed by atoms with van der Waals surface area (Å²) < 4.78 is 0. The molecule has 0 amide bonds. The van der Waals surface area contributed by atoms with E-state index in [9.17, 15) is 15.3 Å². The normalized spacial score (nSPS) is 15.9. The maximum absolute atomic E-state index is 10.2. The molecule has 1 aromatic carbocycles. The fourth-order valence-electron chi connectivity index (χ4n) is 1.87. The predicted octanol–water partition coefficient (Wildman–Crippen LogP) is -0.592. The third-order valence-electron chi connectivity index (χ3n) is 3.22. The Morgan fingerprint density at radius 3 is 2.10 bits per heavy atom. The maximum atomic E-state index is 10.2. The van der Waals surface area contributed by atoms with Crippen molar-refractivity contribution in [1.29, 1.82) is 0 Å². The Kier molecular flexibility index (Phi) is 6.90. The molecule has 3 unspecified atom stereocenters. The van der Waals surface area contributed by atoms with E-state index in [1.807, 2.05) is 0 Å². The second-order valence-electron chi connectivity index (χ2n) is 5.00. The van der Waals surface area contributed by atoms with Gasteiger partial charge in [0.1, 0.15) is 0 Å². The first-order valence-corrected chi connectivity index (χ1v) is 6.57. The van der Waals surface area contributed by atoms with Crippen LogP contribution in [0, 0.1) is 0 Å². The van der Waals surface area contributed by atoms with E-state index in [1.165, 1.54) is 0 Å². The fourth-order valence-corrected chi connectivity index (χ4v) is 1.87. The summed E-state index contributed by atoms with van der Waals surface area (Å²) in [7, 11) is 3.60. The molecule has 6 heteroatoms. The van der Waals surface area contributed by atoms with Crippen LogP contribution in [0.4, 0.5) is 5.69 Å². The van der Waals surface area contributed by atoms with Crippen LogP contribution in [0.2, 0.25) is 0 Å². The molecule has 3 atom stereocenters. The van der Waals surface area contributed by atoms with Crippen molar-refractivity contribution in [2.24, 2.45) is 0 Å². The summed E-state index contributed by atoms with van der Waals surface area (Å²) in [6.45, 7) is -0.156. The molecule has 0 bridgehead atoms. The van der Waals surface area contributed by atoms with Crippen LogP contribution in [0.15, 0.2) is 24.3 Å². The lowest BCUT2D eigenvalue weighted by atomic mass is 10.0. The number of nitrogens with zero attached hydrogens (tertiary/aromatic N) is 1. The Labute approximate surface area is 119 Å². The minimum Gasteiger partial charge on any atom is -0.395 e. The van der Waals surface area contributed by atoms with E-state index in [4.69, 9.17) is 5.11 Å². The fraction of sp³-hybridized carbons (Fsp3) is 0.571. The Morgan fingerprint density at radius 1 is 1.05 bits per heavy atom. The number of hydrogen-bond donors (Lipinski definition) is 5. The lowest BCUT2D eigenvalue weighted by Gasteiger charge is -2.27. The third kappa shape index (κ3) is 4.73. The van der Waals surface area contributed by atoms with Crippen molar-refractivity contribution in [2.45, 2.75) is 18.2 Å². The van der Waals surface area contributed by atoms with E-state index >= 15 is 0 Å². The van der Waals surface area contributed by atoms with Gasteiger partial charge in [-0.15, -0.1) is 0 Å². The summed E-state index contributed by atoms with van der Waals surface area (Å²) in [5, 5.41) is 40.4. The molecule has 1 aromatic rings.